The fourth-order valence-electron chi connectivity index (χ4n) is 5.98. The van der Waals surface area contributed by atoms with E-state index < -0.39 is 28.0 Å². The molecule has 2 aliphatic rings. The van der Waals surface area contributed by atoms with Crippen LogP contribution in [0.25, 0.3) is 10.8 Å². The Morgan fingerprint density at radius 2 is 1.73 bits per heavy atom. The first-order valence-corrected chi connectivity index (χ1v) is 17.3. The van der Waals surface area contributed by atoms with Crippen molar-refractivity contribution in [3.8, 4) is 11.5 Å². The van der Waals surface area contributed by atoms with Crippen molar-refractivity contribution >= 4 is 50.6 Å². The number of rotatable bonds is 11. The van der Waals surface area contributed by atoms with Crippen LogP contribution in [0.5, 0.6) is 11.5 Å². The number of likely N-dealkylation sites (tertiary alicyclic amines) is 2. The van der Waals surface area contributed by atoms with Gasteiger partial charge in [-0.05, 0) is 90.2 Å². The van der Waals surface area contributed by atoms with E-state index in [1.54, 1.807) is 30.0 Å². The first-order chi connectivity index (χ1) is 21.2. The number of benzene rings is 3. The highest BCUT2D eigenvalue weighted by atomic mass is 32.2. The Hall–Kier alpha value is -3.61. The standard InChI is InChI=1S/C32H38N4O6S2/c1-41-29-18-22-8-10-26(16-23(22)19-30(29)42-2)44(39,40)34-27-11-14-36(31(27)37)28(32(38)35-12-5-4-6-13-35)17-21-7-9-25(43-3)15-24(21)20-33/h7-10,15-16,18-20,27-28,33-34H,4-6,11-14,17H2,1-3H3. The van der Waals surface area contributed by atoms with E-state index in [0.29, 0.717) is 35.5 Å². The van der Waals surface area contributed by atoms with Crippen LogP contribution in [0.15, 0.2) is 58.3 Å². The average molecular weight is 639 g/mol. The predicted molar refractivity (Wildman–Crippen MR) is 172 cm³/mol. The zero-order valence-electron chi connectivity index (χ0n) is 25.2. The molecule has 234 valence electrons. The van der Waals surface area contributed by atoms with Gasteiger partial charge in [-0.25, -0.2) is 8.42 Å². The third-order valence-electron chi connectivity index (χ3n) is 8.41. The smallest absolute Gasteiger partial charge is 0.245 e. The van der Waals surface area contributed by atoms with Gasteiger partial charge in [-0.1, -0.05) is 12.1 Å². The molecule has 2 unspecified atom stereocenters. The lowest BCUT2D eigenvalue weighted by molar-refractivity contribution is -0.144. The van der Waals surface area contributed by atoms with Crippen molar-refractivity contribution in [3.63, 3.8) is 0 Å². The van der Waals surface area contributed by atoms with Crippen LogP contribution in [0.2, 0.25) is 0 Å². The summed E-state index contributed by atoms with van der Waals surface area (Å²) in [5.74, 6) is 0.452. The van der Waals surface area contributed by atoms with Gasteiger partial charge in [0.15, 0.2) is 11.5 Å². The van der Waals surface area contributed by atoms with Crippen LogP contribution in [0, 0.1) is 5.41 Å². The number of amides is 2. The molecule has 3 aromatic rings. The number of nitrogens with one attached hydrogen (secondary N) is 2. The largest absolute Gasteiger partial charge is 0.493 e. The van der Waals surface area contributed by atoms with Gasteiger partial charge >= 0.3 is 0 Å². The van der Waals surface area contributed by atoms with Crippen molar-refractivity contribution < 1.29 is 27.5 Å². The summed E-state index contributed by atoms with van der Waals surface area (Å²) in [6.07, 6.45) is 6.60. The maximum absolute atomic E-state index is 13.9. The van der Waals surface area contributed by atoms with Gasteiger partial charge in [0.2, 0.25) is 21.8 Å². The molecular weight excluding hydrogens is 601 g/mol. The molecule has 0 spiro atoms. The van der Waals surface area contributed by atoms with Crippen LogP contribution >= 0.6 is 11.8 Å². The molecule has 5 rings (SSSR count). The topological polar surface area (TPSA) is 129 Å². The zero-order valence-corrected chi connectivity index (χ0v) is 26.8. The van der Waals surface area contributed by atoms with E-state index in [0.717, 1.165) is 35.1 Å². The maximum Gasteiger partial charge on any atom is 0.245 e. The van der Waals surface area contributed by atoms with Crippen LogP contribution in [0.1, 0.15) is 36.8 Å². The molecule has 2 fully saturated rings. The van der Waals surface area contributed by atoms with Crippen LogP contribution in [-0.2, 0) is 26.0 Å². The fourth-order valence-corrected chi connectivity index (χ4v) is 7.69. The first-order valence-electron chi connectivity index (χ1n) is 14.6. The first kappa shape index (κ1) is 31.8. The number of hydrogen-bond donors (Lipinski definition) is 2. The summed E-state index contributed by atoms with van der Waals surface area (Å²) in [6.45, 7) is 1.51. The molecule has 2 atom stereocenters. The monoisotopic (exact) mass is 638 g/mol. The normalized spacial score (nSPS) is 18.0. The van der Waals surface area contributed by atoms with Gasteiger partial charge in [0.05, 0.1) is 19.1 Å². The molecule has 2 amide bonds. The third-order valence-corrected chi connectivity index (χ3v) is 10.6. The number of piperidine rings is 1. The molecule has 2 saturated heterocycles. The lowest BCUT2D eigenvalue weighted by atomic mass is 9.98. The summed E-state index contributed by atoms with van der Waals surface area (Å²) < 4.78 is 40.3. The van der Waals surface area contributed by atoms with E-state index in [-0.39, 0.29) is 30.2 Å². The van der Waals surface area contributed by atoms with E-state index >= 15 is 0 Å². The summed E-state index contributed by atoms with van der Waals surface area (Å²) in [6, 6.07) is 12.2. The van der Waals surface area contributed by atoms with Crippen LogP contribution in [-0.4, -0.2) is 88.4 Å². The minimum atomic E-state index is -4.07. The third kappa shape index (κ3) is 6.57. The van der Waals surface area contributed by atoms with Gasteiger partial charge < -0.3 is 24.7 Å². The molecule has 0 aliphatic carbocycles. The van der Waals surface area contributed by atoms with Crippen LogP contribution in [0.4, 0.5) is 0 Å². The SMILES string of the molecule is COc1cc2ccc(S(=O)(=O)NC3CCN(C(Cc4ccc(SC)cc4C=N)C(=O)N4CCCCC4)C3=O)cc2cc1OC. The molecule has 0 bridgehead atoms. The Morgan fingerprint density at radius 3 is 2.39 bits per heavy atom. The number of thioether (sulfide) groups is 1. The molecular formula is C32H38N4O6S2. The van der Waals surface area contributed by atoms with Crippen LogP contribution in [0.3, 0.4) is 0 Å². The summed E-state index contributed by atoms with van der Waals surface area (Å²) in [5.41, 5.74) is 1.50. The molecule has 0 radical (unpaired) electrons. The molecule has 3 aromatic carbocycles. The van der Waals surface area contributed by atoms with Gasteiger partial charge in [0.1, 0.15) is 12.1 Å². The van der Waals surface area contributed by atoms with Crippen LogP contribution < -0.4 is 14.2 Å². The van der Waals surface area contributed by atoms with Gasteiger partial charge in [-0.15, -0.1) is 11.8 Å². The van der Waals surface area contributed by atoms with E-state index in [1.807, 2.05) is 29.4 Å². The quantitative estimate of drug-likeness (QED) is 0.239. The lowest BCUT2D eigenvalue weighted by Crippen LogP contribution is -2.53. The number of hydrogen-bond acceptors (Lipinski definition) is 8. The number of methoxy groups -OCH3 is 2. The molecule has 0 saturated carbocycles. The Labute approximate surface area is 262 Å². The number of nitrogens with zero attached hydrogens (tertiary/aromatic N) is 2. The van der Waals surface area contributed by atoms with E-state index in [2.05, 4.69) is 4.72 Å². The Morgan fingerprint density at radius 1 is 1.02 bits per heavy atom. The van der Waals surface area contributed by atoms with E-state index in [4.69, 9.17) is 14.9 Å². The highest BCUT2D eigenvalue weighted by Gasteiger charge is 2.42. The minimum Gasteiger partial charge on any atom is -0.493 e. The van der Waals surface area contributed by atoms with Gasteiger partial charge in [0.25, 0.3) is 0 Å². The van der Waals surface area contributed by atoms with Crippen molar-refractivity contribution in [2.24, 2.45) is 0 Å². The molecule has 10 nitrogen and oxygen atoms in total. The second-order valence-electron chi connectivity index (χ2n) is 11.0. The fraction of sp³-hybridized carbons (Fsp3) is 0.406. The molecule has 12 heteroatoms. The number of fused-ring (bicyclic) bond motifs is 1. The van der Waals surface area contributed by atoms with E-state index in [1.165, 1.54) is 37.5 Å². The second-order valence-corrected chi connectivity index (χ2v) is 13.6. The number of carbonyl (C=O) groups is 2. The molecule has 0 aromatic heterocycles. The second kappa shape index (κ2) is 13.6. The summed E-state index contributed by atoms with van der Waals surface area (Å²) in [5, 5.41) is 9.38. The molecule has 44 heavy (non-hydrogen) atoms. The van der Waals surface area contributed by atoms with Gasteiger partial charge in [-0.3, -0.25) is 9.59 Å². The molecule has 2 aliphatic heterocycles. The van der Waals surface area contributed by atoms with Crippen molar-refractivity contribution in [2.45, 2.75) is 54.0 Å². The molecule has 2 N–H and O–H groups in total. The van der Waals surface area contributed by atoms with E-state index in [9.17, 15) is 18.0 Å². The van der Waals surface area contributed by atoms with Crippen molar-refractivity contribution in [2.75, 3.05) is 40.1 Å². The van der Waals surface area contributed by atoms with Crippen molar-refractivity contribution in [1.29, 1.82) is 5.41 Å². The summed E-state index contributed by atoms with van der Waals surface area (Å²) >= 11 is 1.57. The van der Waals surface area contributed by atoms with Gasteiger partial charge in [0, 0.05) is 37.2 Å². The Balaban J connectivity index is 1.40. The predicted octanol–water partition coefficient (Wildman–Crippen LogP) is 4.08. The highest BCUT2D eigenvalue weighted by molar-refractivity contribution is 7.98. The average Bonchev–Trinajstić information content (AvgIpc) is 3.40. The maximum atomic E-state index is 13.9. The number of sulfonamides is 1. The lowest BCUT2D eigenvalue weighted by Gasteiger charge is -2.35. The summed E-state index contributed by atoms with van der Waals surface area (Å²) in [4.78, 5) is 32.1. The van der Waals surface area contributed by atoms with Crippen molar-refractivity contribution in [3.05, 3.63) is 59.7 Å². The number of ether oxygens (including phenoxy) is 2. The summed E-state index contributed by atoms with van der Waals surface area (Å²) in [7, 11) is -1.02. The Bertz CT molecular complexity index is 1670. The Kier molecular flexibility index (Phi) is 9.81. The highest BCUT2D eigenvalue weighted by Crippen LogP contribution is 2.33. The number of carbonyl (C=O) groups excluding carboxylic acids is 2. The molecule has 2 heterocycles. The zero-order chi connectivity index (χ0) is 31.4. The van der Waals surface area contributed by atoms with Crippen molar-refractivity contribution in [1.82, 2.24) is 14.5 Å². The van der Waals surface area contributed by atoms with Gasteiger partial charge in [-0.2, -0.15) is 4.72 Å². The minimum absolute atomic E-state index is 0.0221.